The van der Waals surface area contributed by atoms with Gasteiger partial charge in [-0.1, -0.05) is 32.4 Å². The highest BCUT2D eigenvalue weighted by molar-refractivity contribution is 5.49. The number of rotatable bonds is 4. The molecule has 0 aromatic rings. The maximum atomic E-state index is 10.3. The van der Waals surface area contributed by atoms with E-state index in [9.17, 15) is 4.79 Å². The van der Waals surface area contributed by atoms with Crippen LogP contribution < -0.4 is 0 Å². The minimum Gasteiger partial charge on any atom is -0.303 e. The minimum absolute atomic E-state index is 0.301. The van der Waals surface area contributed by atoms with Crippen LogP contribution in [0.25, 0.3) is 0 Å². The first-order valence-corrected chi connectivity index (χ1v) is 5.55. The van der Waals surface area contributed by atoms with Gasteiger partial charge in [-0.15, -0.1) is 0 Å². The molecule has 1 nitrogen and oxygen atoms in total. The topological polar surface area (TPSA) is 17.1 Å². The van der Waals surface area contributed by atoms with Crippen LogP contribution in [0.5, 0.6) is 0 Å². The minimum atomic E-state index is 0.301. The van der Waals surface area contributed by atoms with Crippen molar-refractivity contribution in [2.24, 2.45) is 10.8 Å². The SMILES string of the molecule is CC1=CCC(C)(CCCC=O)C1(C)C. The monoisotopic (exact) mass is 194 g/mol. The van der Waals surface area contributed by atoms with E-state index in [4.69, 9.17) is 0 Å². The first-order chi connectivity index (χ1) is 6.44. The van der Waals surface area contributed by atoms with Crippen molar-refractivity contribution in [2.45, 2.75) is 53.4 Å². The zero-order valence-corrected chi connectivity index (χ0v) is 9.89. The van der Waals surface area contributed by atoms with Crippen LogP contribution in [0.1, 0.15) is 53.4 Å². The Morgan fingerprint density at radius 2 is 2.07 bits per heavy atom. The second-order valence-corrected chi connectivity index (χ2v) is 5.34. The molecule has 0 aromatic heterocycles. The molecule has 0 N–H and O–H groups in total. The Morgan fingerprint density at radius 1 is 1.43 bits per heavy atom. The summed E-state index contributed by atoms with van der Waals surface area (Å²) in [6, 6.07) is 0. The number of unbranched alkanes of at least 4 members (excludes halogenated alkanes) is 1. The fourth-order valence-electron chi connectivity index (χ4n) is 2.35. The maximum absolute atomic E-state index is 10.3. The number of allylic oxidation sites excluding steroid dienone is 2. The van der Waals surface area contributed by atoms with Crippen LogP contribution in [0, 0.1) is 10.8 Å². The van der Waals surface area contributed by atoms with E-state index in [1.165, 1.54) is 12.0 Å². The van der Waals surface area contributed by atoms with E-state index in [-0.39, 0.29) is 0 Å². The lowest BCUT2D eigenvalue weighted by molar-refractivity contribution is -0.108. The molecule has 1 atom stereocenters. The largest absolute Gasteiger partial charge is 0.303 e. The van der Waals surface area contributed by atoms with E-state index < -0.39 is 0 Å². The molecular weight excluding hydrogens is 172 g/mol. The Bertz CT molecular complexity index is 250. The predicted octanol–water partition coefficient (Wildman–Crippen LogP) is 3.74. The summed E-state index contributed by atoms with van der Waals surface area (Å²) in [5.74, 6) is 0. The molecule has 0 saturated carbocycles. The van der Waals surface area contributed by atoms with Gasteiger partial charge in [0.25, 0.3) is 0 Å². The average molecular weight is 194 g/mol. The maximum Gasteiger partial charge on any atom is 0.119 e. The summed E-state index contributed by atoms with van der Waals surface area (Å²) in [5.41, 5.74) is 2.17. The lowest BCUT2D eigenvalue weighted by Gasteiger charge is -2.40. The number of carbonyl (C=O) groups excluding carboxylic acids is 1. The van der Waals surface area contributed by atoms with Crippen molar-refractivity contribution >= 4 is 6.29 Å². The van der Waals surface area contributed by atoms with Crippen LogP contribution in [-0.2, 0) is 4.79 Å². The molecule has 0 bridgehead atoms. The number of carbonyl (C=O) groups is 1. The van der Waals surface area contributed by atoms with E-state index in [1.807, 2.05) is 0 Å². The van der Waals surface area contributed by atoms with Gasteiger partial charge in [-0.2, -0.15) is 0 Å². The molecule has 0 radical (unpaired) electrons. The van der Waals surface area contributed by atoms with Crippen LogP contribution in [-0.4, -0.2) is 6.29 Å². The zero-order valence-electron chi connectivity index (χ0n) is 9.89. The molecule has 0 amide bonds. The smallest absolute Gasteiger partial charge is 0.119 e. The Kier molecular flexibility index (Phi) is 3.18. The third-order valence-electron chi connectivity index (χ3n) is 4.40. The highest BCUT2D eigenvalue weighted by Gasteiger charge is 2.44. The molecule has 1 heteroatoms. The lowest BCUT2D eigenvalue weighted by atomic mass is 9.64. The molecule has 0 heterocycles. The van der Waals surface area contributed by atoms with Gasteiger partial charge in [0.2, 0.25) is 0 Å². The summed E-state index contributed by atoms with van der Waals surface area (Å²) in [5, 5.41) is 0. The molecule has 0 aromatic carbocycles. The molecule has 0 fully saturated rings. The van der Waals surface area contributed by atoms with Gasteiger partial charge in [-0.3, -0.25) is 0 Å². The van der Waals surface area contributed by atoms with Crippen molar-refractivity contribution in [2.75, 3.05) is 0 Å². The molecule has 1 aliphatic carbocycles. The van der Waals surface area contributed by atoms with Crippen molar-refractivity contribution in [1.82, 2.24) is 0 Å². The molecule has 0 aliphatic heterocycles. The van der Waals surface area contributed by atoms with E-state index in [0.717, 1.165) is 19.1 Å². The summed E-state index contributed by atoms with van der Waals surface area (Å²) < 4.78 is 0. The van der Waals surface area contributed by atoms with Gasteiger partial charge in [0.1, 0.15) is 6.29 Å². The van der Waals surface area contributed by atoms with E-state index in [0.29, 0.717) is 17.3 Å². The molecule has 1 aliphatic rings. The normalized spacial score (nSPS) is 30.1. The zero-order chi connectivity index (χ0) is 10.8. The van der Waals surface area contributed by atoms with Gasteiger partial charge in [-0.25, -0.2) is 0 Å². The Hall–Kier alpha value is -0.590. The molecule has 1 rings (SSSR count). The highest BCUT2D eigenvalue weighted by Crippen LogP contribution is 2.54. The first-order valence-electron chi connectivity index (χ1n) is 5.55. The van der Waals surface area contributed by atoms with E-state index in [2.05, 4.69) is 33.8 Å². The van der Waals surface area contributed by atoms with Gasteiger partial charge in [-0.05, 0) is 37.0 Å². The number of hydrogen-bond donors (Lipinski definition) is 0. The Morgan fingerprint density at radius 3 is 2.50 bits per heavy atom. The lowest BCUT2D eigenvalue weighted by Crippen LogP contribution is -2.31. The van der Waals surface area contributed by atoms with Crippen LogP contribution in [0.4, 0.5) is 0 Å². The van der Waals surface area contributed by atoms with Gasteiger partial charge in [0.15, 0.2) is 0 Å². The van der Waals surface area contributed by atoms with Crippen LogP contribution >= 0.6 is 0 Å². The third kappa shape index (κ3) is 1.77. The quantitative estimate of drug-likeness (QED) is 0.378. The summed E-state index contributed by atoms with van der Waals surface area (Å²) >= 11 is 0. The Labute approximate surface area is 87.6 Å². The van der Waals surface area contributed by atoms with Gasteiger partial charge >= 0.3 is 0 Å². The van der Waals surface area contributed by atoms with Gasteiger partial charge in [0, 0.05) is 6.42 Å². The van der Waals surface area contributed by atoms with Crippen molar-refractivity contribution < 1.29 is 4.79 Å². The second kappa shape index (κ2) is 3.88. The standard InChI is InChI=1S/C13H22O/c1-11-7-9-13(4,12(11,2)3)8-5-6-10-14/h7,10H,5-6,8-9H2,1-4H3. The number of aldehydes is 1. The van der Waals surface area contributed by atoms with Crippen molar-refractivity contribution in [1.29, 1.82) is 0 Å². The summed E-state index contributed by atoms with van der Waals surface area (Å²) in [7, 11) is 0. The molecule has 0 saturated heterocycles. The van der Waals surface area contributed by atoms with Gasteiger partial charge in [0.05, 0.1) is 0 Å². The van der Waals surface area contributed by atoms with Crippen molar-refractivity contribution in [3.63, 3.8) is 0 Å². The first kappa shape index (κ1) is 11.5. The second-order valence-electron chi connectivity index (χ2n) is 5.34. The summed E-state index contributed by atoms with van der Waals surface area (Å²) in [4.78, 5) is 10.3. The van der Waals surface area contributed by atoms with E-state index in [1.54, 1.807) is 0 Å². The van der Waals surface area contributed by atoms with Crippen molar-refractivity contribution in [3.8, 4) is 0 Å². The summed E-state index contributed by atoms with van der Waals surface area (Å²) in [6.07, 6.45) is 7.47. The molecule has 14 heavy (non-hydrogen) atoms. The average Bonchev–Trinajstić information content (AvgIpc) is 2.31. The third-order valence-corrected chi connectivity index (χ3v) is 4.40. The fraction of sp³-hybridized carbons (Fsp3) is 0.769. The van der Waals surface area contributed by atoms with Gasteiger partial charge < -0.3 is 4.79 Å². The number of hydrogen-bond acceptors (Lipinski definition) is 1. The molecule has 80 valence electrons. The molecule has 0 spiro atoms. The van der Waals surface area contributed by atoms with Crippen LogP contribution in [0.2, 0.25) is 0 Å². The molecule has 1 unspecified atom stereocenters. The summed E-state index contributed by atoms with van der Waals surface area (Å²) in [6.45, 7) is 9.23. The van der Waals surface area contributed by atoms with Crippen LogP contribution in [0.15, 0.2) is 11.6 Å². The fourth-order valence-corrected chi connectivity index (χ4v) is 2.35. The molecular formula is C13H22O. The van der Waals surface area contributed by atoms with Crippen molar-refractivity contribution in [3.05, 3.63) is 11.6 Å². The van der Waals surface area contributed by atoms with E-state index >= 15 is 0 Å². The Balaban J connectivity index is 2.63. The highest BCUT2D eigenvalue weighted by atomic mass is 16.1. The predicted molar refractivity (Wildman–Crippen MR) is 60.2 cm³/mol. The van der Waals surface area contributed by atoms with Crippen LogP contribution in [0.3, 0.4) is 0 Å².